The molecule has 140 valence electrons. The molecule has 0 atom stereocenters. The van der Waals surface area contributed by atoms with Crippen molar-refractivity contribution in [2.75, 3.05) is 0 Å². The summed E-state index contributed by atoms with van der Waals surface area (Å²) in [5.74, 6) is -0.0532. The van der Waals surface area contributed by atoms with Crippen LogP contribution in [0.1, 0.15) is 27.0 Å². The quantitative estimate of drug-likeness (QED) is 0.565. The molecule has 0 aliphatic carbocycles. The first-order chi connectivity index (χ1) is 13.5. The van der Waals surface area contributed by atoms with Gasteiger partial charge in [-0.05, 0) is 48.4 Å². The fourth-order valence-electron chi connectivity index (χ4n) is 3.04. The fraction of sp³-hybridized carbons (Fsp3) is 0.0870. The molecule has 5 heteroatoms. The average molecular weight is 378 g/mol. The van der Waals surface area contributed by atoms with Gasteiger partial charge in [-0.2, -0.15) is 0 Å². The number of allylic oxidation sites excluding steroid dienone is 1. The molecule has 3 aromatic rings. The summed E-state index contributed by atoms with van der Waals surface area (Å²) in [7, 11) is 0. The van der Waals surface area contributed by atoms with E-state index in [2.05, 4.69) is 0 Å². The smallest absolute Gasteiger partial charge is 0.232 e. The minimum absolute atomic E-state index is 0.0684. The molecule has 0 saturated heterocycles. The van der Waals surface area contributed by atoms with Crippen LogP contribution < -0.4 is 9.47 Å². The fourth-order valence-corrected chi connectivity index (χ4v) is 3.04. The zero-order chi connectivity index (χ0) is 19.7. The predicted octanol–water partition coefficient (Wildman–Crippen LogP) is 5.47. The van der Waals surface area contributed by atoms with Gasteiger partial charge >= 0.3 is 0 Å². The Hall–Kier alpha value is -3.47. The predicted molar refractivity (Wildman–Crippen MR) is 101 cm³/mol. The summed E-state index contributed by atoms with van der Waals surface area (Å²) in [6.07, 6.45) is 1.40. The van der Waals surface area contributed by atoms with Crippen molar-refractivity contribution >= 4 is 11.9 Å². The third-order valence-corrected chi connectivity index (χ3v) is 4.45. The van der Waals surface area contributed by atoms with Crippen molar-refractivity contribution < 1.29 is 23.0 Å². The summed E-state index contributed by atoms with van der Waals surface area (Å²) in [5.41, 5.74) is 2.24. The van der Waals surface area contributed by atoms with Gasteiger partial charge in [0.1, 0.15) is 29.7 Å². The first kappa shape index (κ1) is 17.9. The number of rotatable bonds is 4. The summed E-state index contributed by atoms with van der Waals surface area (Å²) in [4.78, 5) is 12.7. The normalized spacial score (nSPS) is 14.1. The van der Waals surface area contributed by atoms with Gasteiger partial charge in [0, 0.05) is 11.6 Å². The zero-order valence-corrected chi connectivity index (χ0v) is 15.0. The second kappa shape index (κ2) is 7.27. The monoisotopic (exact) mass is 378 g/mol. The molecule has 3 nitrogen and oxygen atoms in total. The molecule has 0 amide bonds. The number of carbonyl (C=O) groups is 1. The lowest BCUT2D eigenvalue weighted by atomic mass is 10.0. The van der Waals surface area contributed by atoms with Gasteiger partial charge in [-0.1, -0.05) is 30.3 Å². The van der Waals surface area contributed by atoms with E-state index in [0.29, 0.717) is 22.6 Å². The average Bonchev–Trinajstić information content (AvgIpc) is 2.99. The van der Waals surface area contributed by atoms with Crippen LogP contribution in [0.25, 0.3) is 6.08 Å². The van der Waals surface area contributed by atoms with Crippen molar-refractivity contribution in [3.8, 4) is 11.5 Å². The van der Waals surface area contributed by atoms with Crippen molar-refractivity contribution in [3.05, 3.63) is 100 Å². The van der Waals surface area contributed by atoms with Crippen molar-refractivity contribution in [2.45, 2.75) is 13.5 Å². The summed E-state index contributed by atoms with van der Waals surface area (Å²) in [5, 5.41) is 0. The number of hydrogen-bond donors (Lipinski definition) is 0. The van der Waals surface area contributed by atoms with Gasteiger partial charge in [0.05, 0.1) is 5.56 Å². The number of halogens is 2. The molecule has 0 bridgehead atoms. The van der Waals surface area contributed by atoms with Gasteiger partial charge in [-0.3, -0.25) is 4.79 Å². The standard InChI is InChI=1S/C23H16F2O3/c1-14-10-18(27-13-15-6-8-17(24)9-7-15)12-20-22(14)23(26)21(28-20)11-16-4-2-3-5-19(16)25/h2-12H,13H2,1H3/b21-11-. The lowest BCUT2D eigenvalue weighted by molar-refractivity contribution is 0.101. The van der Waals surface area contributed by atoms with Crippen LogP contribution in [-0.2, 0) is 6.61 Å². The second-order valence-corrected chi connectivity index (χ2v) is 6.49. The Bertz CT molecular complexity index is 1090. The largest absolute Gasteiger partial charge is 0.489 e. The van der Waals surface area contributed by atoms with Gasteiger partial charge in [0.15, 0.2) is 5.76 Å². The highest BCUT2D eigenvalue weighted by Gasteiger charge is 2.30. The molecule has 1 aliphatic heterocycles. The Balaban J connectivity index is 1.57. The molecular weight excluding hydrogens is 362 g/mol. The van der Waals surface area contributed by atoms with E-state index in [1.54, 1.807) is 49.4 Å². The van der Waals surface area contributed by atoms with Crippen LogP contribution in [0.15, 0.2) is 66.4 Å². The van der Waals surface area contributed by atoms with E-state index in [1.807, 2.05) is 0 Å². The molecule has 0 unspecified atom stereocenters. The number of ketones is 1. The van der Waals surface area contributed by atoms with Gasteiger partial charge in [0.2, 0.25) is 5.78 Å². The molecule has 1 heterocycles. The zero-order valence-electron chi connectivity index (χ0n) is 15.0. The topological polar surface area (TPSA) is 35.5 Å². The molecule has 0 N–H and O–H groups in total. The third kappa shape index (κ3) is 3.51. The lowest BCUT2D eigenvalue weighted by Crippen LogP contribution is -2.00. The Morgan fingerprint density at radius 3 is 2.54 bits per heavy atom. The van der Waals surface area contributed by atoms with Crippen LogP contribution in [0.5, 0.6) is 11.5 Å². The molecule has 0 fully saturated rings. The number of hydrogen-bond acceptors (Lipinski definition) is 3. The van der Waals surface area contributed by atoms with E-state index in [9.17, 15) is 13.6 Å². The first-order valence-corrected chi connectivity index (χ1v) is 8.72. The number of benzene rings is 3. The summed E-state index contributed by atoms with van der Waals surface area (Å²) in [6, 6.07) is 15.6. The van der Waals surface area contributed by atoms with E-state index >= 15 is 0 Å². The van der Waals surface area contributed by atoms with Crippen LogP contribution >= 0.6 is 0 Å². The van der Waals surface area contributed by atoms with E-state index in [-0.39, 0.29) is 29.5 Å². The molecule has 0 radical (unpaired) electrons. The van der Waals surface area contributed by atoms with Crippen molar-refractivity contribution in [1.82, 2.24) is 0 Å². The number of carbonyl (C=O) groups excluding carboxylic acids is 1. The molecule has 0 spiro atoms. The van der Waals surface area contributed by atoms with Crippen molar-refractivity contribution in [3.63, 3.8) is 0 Å². The first-order valence-electron chi connectivity index (χ1n) is 8.72. The second-order valence-electron chi connectivity index (χ2n) is 6.49. The Kier molecular flexibility index (Phi) is 4.65. The van der Waals surface area contributed by atoms with Gasteiger partial charge in [-0.25, -0.2) is 8.78 Å². The van der Waals surface area contributed by atoms with Crippen LogP contribution in [0.4, 0.5) is 8.78 Å². The van der Waals surface area contributed by atoms with Crippen LogP contribution in [0.2, 0.25) is 0 Å². The Morgan fingerprint density at radius 1 is 1.04 bits per heavy atom. The minimum atomic E-state index is -0.428. The number of ether oxygens (including phenoxy) is 2. The highest BCUT2D eigenvalue weighted by molar-refractivity contribution is 6.15. The molecule has 28 heavy (non-hydrogen) atoms. The maximum Gasteiger partial charge on any atom is 0.232 e. The molecule has 1 aliphatic rings. The molecule has 0 saturated carbocycles. The summed E-state index contributed by atoms with van der Waals surface area (Å²) < 4.78 is 38.3. The van der Waals surface area contributed by atoms with E-state index in [0.717, 1.165) is 5.56 Å². The van der Waals surface area contributed by atoms with Crippen LogP contribution in [0.3, 0.4) is 0 Å². The van der Waals surface area contributed by atoms with Crippen LogP contribution in [-0.4, -0.2) is 5.78 Å². The van der Waals surface area contributed by atoms with Gasteiger partial charge in [0.25, 0.3) is 0 Å². The van der Waals surface area contributed by atoms with Crippen LogP contribution in [0, 0.1) is 18.6 Å². The summed E-state index contributed by atoms with van der Waals surface area (Å²) >= 11 is 0. The maximum atomic E-state index is 13.9. The van der Waals surface area contributed by atoms with E-state index in [1.165, 1.54) is 24.3 Å². The minimum Gasteiger partial charge on any atom is -0.489 e. The van der Waals surface area contributed by atoms with Gasteiger partial charge in [-0.15, -0.1) is 0 Å². The highest BCUT2D eigenvalue weighted by Crippen LogP contribution is 2.37. The highest BCUT2D eigenvalue weighted by atomic mass is 19.1. The van der Waals surface area contributed by atoms with Crippen molar-refractivity contribution in [2.24, 2.45) is 0 Å². The maximum absolute atomic E-state index is 13.9. The molecular formula is C23H16F2O3. The number of aryl methyl sites for hydroxylation is 1. The molecule has 3 aromatic carbocycles. The number of fused-ring (bicyclic) bond motifs is 1. The van der Waals surface area contributed by atoms with E-state index in [4.69, 9.17) is 9.47 Å². The Labute approximate surface area is 160 Å². The number of Topliss-reactive ketones (excluding diaryl/α,β-unsaturated/α-hetero) is 1. The van der Waals surface area contributed by atoms with Crippen molar-refractivity contribution in [1.29, 1.82) is 0 Å². The van der Waals surface area contributed by atoms with Gasteiger partial charge < -0.3 is 9.47 Å². The molecule has 4 rings (SSSR count). The van der Waals surface area contributed by atoms with E-state index < -0.39 is 5.82 Å². The summed E-state index contributed by atoms with van der Waals surface area (Å²) in [6.45, 7) is 2.04. The lowest BCUT2D eigenvalue weighted by Gasteiger charge is -2.09. The SMILES string of the molecule is Cc1cc(OCc2ccc(F)cc2)cc2c1C(=O)/C(=C/c1ccccc1F)O2. The third-order valence-electron chi connectivity index (χ3n) is 4.45. The molecule has 0 aromatic heterocycles. The Morgan fingerprint density at radius 2 is 1.79 bits per heavy atom.